The van der Waals surface area contributed by atoms with Crippen LogP contribution in [0, 0.1) is 6.92 Å². The molecule has 0 aliphatic heterocycles. The van der Waals surface area contributed by atoms with Crippen molar-refractivity contribution in [1.82, 2.24) is 0 Å². The highest BCUT2D eigenvalue weighted by molar-refractivity contribution is 5.34. The normalized spacial score (nSPS) is 10.8. The van der Waals surface area contributed by atoms with Gasteiger partial charge in [-0.2, -0.15) is 0 Å². The Hall–Kier alpha value is -0.980. The van der Waals surface area contributed by atoms with Crippen molar-refractivity contribution in [2.24, 2.45) is 0 Å². The van der Waals surface area contributed by atoms with Crippen molar-refractivity contribution in [2.45, 2.75) is 78.1 Å². The molecule has 0 spiro atoms. The first-order chi connectivity index (χ1) is 9.24. The molecule has 0 atom stereocenters. The summed E-state index contributed by atoms with van der Waals surface area (Å²) in [6.07, 6.45) is 13.5. The fourth-order valence-corrected chi connectivity index (χ4v) is 2.51. The Morgan fingerprint density at radius 2 is 1.42 bits per heavy atom. The number of hydrogen-bond donors (Lipinski definition) is 1. The third kappa shape index (κ3) is 7.25. The Balaban J connectivity index is 2.00. The summed E-state index contributed by atoms with van der Waals surface area (Å²) in [6.45, 7) is 4.24. The topological polar surface area (TPSA) is 20.2 Å². The molecule has 0 fully saturated rings. The lowest BCUT2D eigenvalue weighted by Crippen LogP contribution is -1.88. The summed E-state index contributed by atoms with van der Waals surface area (Å²) in [5, 5.41) is 9.47. The van der Waals surface area contributed by atoms with Crippen LogP contribution in [0.15, 0.2) is 18.2 Å². The van der Waals surface area contributed by atoms with Crippen molar-refractivity contribution < 1.29 is 5.11 Å². The number of phenolic OH excluding ortho intramolecular Hbond substituents is 1. The molecule has 0 unspecified atom stereocenters. The number of benzene rings is 1. The van der Waals surface area contributed by atoms with Crippen molar-refractivity contribution in [2.75, 3.05) is 0 Å². The second kappa shape index (κ2) is 9.89. The van der Waals surface area contributed by atoms with Crippen molar-refractivity contribution in [3.05, 3.63) is 29.3 Å². The minimum atomic E-state index is 0.413. The van der Waals surface area contributed by atoms with Crippen molar-refractivity contribution >= 4 is 0 Å². The summed E-state index contributed by atoms with van der Waals surface area (Å²) in [4.78, 5) is 0. The highest BCUT2D eigenvalue weighted by atomic mass is 16.3. The van der Waals surface area contributed by atoms with Crippen LogP contribution in [-0.4, -0.2) is 5.11 Å². The van der Waals surface area contributed by atoms with Gasteiger partial charge in [-0.3, -0.25) is 0 Å². The molecular formula is C18H30O. The first-order valence-corrected chi connectivity index (χ1v) is 8.02. The fourth-order valence-electron chi connectivity index (χ4n) is 2.51. The van der Waals surface area contributed by atoms with Crippen molar-refractivity contribution in [3.63, 3.8) is 0 Å². The average molecular weight is 262 g/mol. The van der Waals surface area contributed by atoms with E-state index in [4.69, 9.17) is 0 Å². The Morgan fingerprint density at radius 3 is 2.00 bits per heavy atom. The molecule has 0 aliphatic carbocycles. The molecule has 1 nitrogen and oxygen atoms in total. The summed E-state index contributed by atoms with van der Waals surface area (Å²) in [5.41, 5.74) is 2.35. The van der Waals surface area contributed by atoms with Gasteiger partial charge in [0.25, 0.3) is 0 Å². The maximum Gasteiger partial charge on any atom is 0.118 e. The number of aromatic hydroxyl groups is 1. The van der Waals surface area contributed by atoms with Crippen LogP contribution < -0.4 is 0 Å². The maximum absolute atomic E-state index is 9.47. The quantitative estimate of drug-likeness (QED) is 0.530. The van der Waals surface area contributed by atoms with Gasteiger partial charge in [-0.25, -0.2) is 0 Å². The van der Waals surface area contributed by atoms with Crippen LogP contribution in [0.3, 0.4) is 0 Å². The molecule has 1 aromatic carbocycles. The molecule has 1 heteroatoms. The summed E-state index contributed by atoms with van der Waals surface area (Å²) in [5.74, 6) is 0.413. The fraction of sp³-hybridized carbons (Fsp3) is 0.667. The number of rotatable bonds is 10. The Kier molecular flexibility index (Phi) is 8.36. The predicted molar refractivity (Wildman–Crippen MR) is 83.8 cm³/mol. The molecule has 19 heavy (non-hydrogen) atoms. The molecule has 108 valence electrons. The Morgan fingerprint density at radius 1 is 0.842 bits per heavy atom. The third-order valence-corrected chi connectivity index (χ3v) is 3.83. The van der Waals surface area contributed by atoms with Crippen molar-refractivity contribution in [3.8, 4) is 5.75 Å². The molecule has 1 aromatic rings. The lowest BCUT2D eigenvalue weighted by molar-refractivity contribution is 0.470. The highest BCUT2D eigenvalue weighted by Crippen LogP contribution is 2.18. The molecule has 1 N–H and O–H groups in total. The van der Waals surface area contributed by atoms with Gasteiger partial charge in [-0.15, -0.1) is 0 Å². The Bertz CT molecular complexity index is 344. The van der Waals surface area contributed by atoms with E-state index < -0.39 is 0 Å². The zero-order valence-corrected chi connectivity index (χ0v) is 12.8. The zero-order valence-electron chi connectivity index (χ0n) is 12.8. The van der Waals surface area contributed by atoms with E-state index in [1.165, 1.54) is 63.4 Å². The summed E-state index contributed by atoms with van der Waals surface area (Å²) in [6, 6.07) is 5.98. The van der Waals surface area contributed by atoms with Gasteiger partial charge in [0.15, 0.2) is 0 Å². The number of hydrogen-bond acceptors (Lipinski definition) is 1. The monoisotopic (exact) mass is 262 g/mol. The minimum absolute atomic E-state index is 0.413. The largest absolute Gasteiger partial charge is 0.508 e. The van der Waals surface area contributed by atoms with Gasteiger partial charge in [0.1, 0.15) is 5.75 Å². The van der Waals surface area contributed by atoms with Gasteiger partial charge in [0.2, 0.25) is 0 Å². The van der Waals surface area contributed by atoms with Crippen LogP contribution in [0.5, 0.6) is 5.75 Å². The minimum Gasteiger partial charge on any atom is -0.508 e. The summed E-state index contributed by atoms with van der Waals surface area (Å²) >= 11 is 0. The van der Waals surface area contributed by atoms with E-state index >= 15 is 0 Å². The van der Waals surface area contributed by atoms with E-state index in [1.807, 2.05) is 19.1 Å². The number of unbranched alkanes of at least 4 members (excludes halogenated alkanes) is 8. The van der Waals surface area contributed by atoms with E-state index in [9.17, 15) is 5.11 Å². The van der Waals surface area contributed by atoms with Crippen LogP contribution in [0.1, 0.15) is 75.8 Å². The van der Waals surface area contributed by atoms with E-state index in [1.54, 1.807) is 0 Å². The summed E-state index contributed by atoms with van der Waals surface area (Å²) in [7, 11) is 0. The van der Waals surface area contributed by atoms with E-state index in [-0.39, 0.29) is 0 Å². The lowest BCUT2D eigenvalue weighted by Gasteiger charge is -2.05. The van der Waals surface area contributed by atoms with Gasteiger partial charge in [-0.05, 0) is 37.0 Å². The van der Waals surface area contributed by atoms with Gasteiger partial charge >= 0.3 is 0 Å². The van der Waals surface area contributed by atoms with Crippen LogP contribution in [0.4, 0.5) is 0 Å². The molecule has 0 aliphatic rings. The van der Waals surface area contributed by atoms with Crippen LogP contribution in [0.2, 0.25) is 0 Å². The molecule has 0 bridgehead atoms. The first-order valence-electron chi connectivity index (χ1n) is 8.02. The van der Waals surface area contributed by atoms with Gasteiger partial charge < -0.3 is 5.11 Å². The molecule has 1 rings (SSSR count). The number of phenols is 1. The van der Waals surface area contributed by atoms with Gasteiger partial charge in [-0.1, -0.05) is 70.4 Å². The summed E-state index contributed by atoms with van der Waals surface area (Å²) < 4.78 is 0. The first kappa shape index (κ1) is 16.1. The zero-order chi connectivity index (χ0) is 13.9. The molecule has 0 heterocycles. The van der Waals surface area contributed by atoms with Crippen LogP contribution in [0.25, 0.3) is 0 Å². The average Bonchev–Trinajstić information content (AvgIpc) is 2.41. The predicted octanol–water partition coefficient (Wildman–Crippen LogP) is 5.77. The standard InChI is InChI=1S/C18H30O/c1-3-4-5-6-7-8-9-10-11-12-17-13-14-18(19)16(2)15-17/h13-15,19H,3-12H2,1-2H3. The SMILES string of the molecule is CCCCCCCCCCCc1ccc(O)c(C)c1. The molecule has 0 aromatic heterocycles. The van der Waals surface area contributed by atoms with E-state index in [0.29, 0.717) is 5.75 Å². The molecule has 0 saturated carbocycles. The second-order valence-electron chi connectivity index (χ2n) is 5.70. The van der Waals surface area contributed by atoms with Crippen LogP contribution >= 0.6 is 0 Å². The number of aryl methyl sites for hydroxylation is 2. The molecule has 0 radical (unpaired) electrons. The van der Waals surface area contributed by atoms with Gasteiger partial charge in [0, 0.05) is 0 Å². The lowest BCUT2D eigenvalue weighted by atomic mass is 10.0. The van der Waals surface area contributed by atoms with E-state index in [0.717, 1.165) is 12.0 Å². The van der Waals surface area contributed by atoms with Crippen LogP contribution in [-0.2, 0) is 6.42 Å². The smallest absolute Gasteiger partial charge is 0.118 e. The van der Waals surface area contributed by atoms with Gasteiger partial charge in [0.05, 0.1) is 0 Å². The maximum atomic E-state index is 9.47. The Labute approximate surface area is 119 Å². The van der Waals surface area contributed by atoms with E-state index in [2.05, 4.69) is 13.0 Å². The molecule has 0 amide bonds. The highest BCUT2D eigenvalue weighted by Gasteiger charge is 1.98. The molecule has 0 saturated heterocycles. The molecular weight excluding hydrogens is 232 g/mol. The second-order valence-corrected chi connectivity index (χ2v) is 5.70. The third-order valence-electron chi connectivity index (χ3n) is 3.83. The van der Waals surface area contributed by atoms with Crippen molar-refractivity contribution in [1.29, 1.82) is 0 Å².